The van der Waals surface area contributed by atoms with E-state index in [1.807, 2.05) is 24.3 Å². The molecule has 0 saturated heterocycles. The summed E-state index contributed by atoms with van der Waals surface area (Å²) < 4.78 is 13.3. The molecule has 0 atom stereocenters. The first-order valence-corrected chi connectivity index (χ1v) is 10.3. The maximum Gasteiger partial charge on any atom is 0.149 e. The second-order valence-corrected chi connectivity index (χ2v) is 7.58. The second-order valence-electron chi connectivity index (χ2n) is 7.58. The van der Waals surface area contributed by atoms with Gasteiger partial charge in [-0.2, -0.15) is 0 Å². The Hall–Kier alpha value is -2.14. The molecule has 4 heteroatoms. The van der Waals surface area contributed by atoms with Crippen LogP contribution in [0.2, 0.25) is 0 Å². The van der Waals surface area contributed by atoms with Crippen LogP contribution in [0.15, 0.2) is 24.3 Å². The van der Waals surface area contributed by atoms with E-state index in [2.05, 4.69) is 65.5 Å². The van der Waals surface area contributed by atoms with Crippen LogP contribution in [0.1, 0.15) is 27.7 Å². The van der Waals surface area contributed by atoms with Crippen molar-refractivity contribution in [3.63, 3.8) is 0 Å². The Kier molecular flexibility index (Phi) is 10.5. The predicted molar refractivity (Wildman–Crippen MR) is 117 cm³/mol. The van der Waals surface area contributed by atoms with Crippen molar-refractivity contribution in [2.75, 3.05) is 66.6 Å². The van der Waals surface area contributed by atoms with Crippen molar-refractivity contribution in [3.05, 3.63) is 24.3 Å². The third kappa shape index (κ3) is 8.70. The van der Waals surface area contributed by atoms with Crippen LogP contribution < -0.4 is 9.47 Å². The van der Waals surface area contributed by atoms with Gasteiger partial charge in [-0.05, 0) is 63.8 Å². The highest BCUT2D eigenvalue weighted by Gasteiger charge is 2.14. The average molecular weight is 387 g/mol. The topological polar surface area (TPSA) is 18.5 Å². The Labute approximate surface area is 172 Å². The van der Waals surface area contributed by atoms with E-state index >= 15 is 0 Å². The van der Waals surface area contributed by atoms with E-state index in [0.29, 0.717) is 13.2 Å². The molecule has 0 unspecified atom stereocenters. The number of benzene rings is 1. The molecule has 0 saturated carbocycles. The van der Waals surface area contributed by atoms with Crippen molar-refractivity contribution in [2.45, 2.75) is 27.7 Å². The van der Waals surface area contributed by atoms with E-state index < -0.39 is 0 Å². The summed E-state index contributed by atoms with van der Waals surface area (Å²) >= 11 is 0. The summed E-state index contributed by atoms with van der Waals surface area (Å²) in [5, 5.41) is 0. The third-order valence-corrected chi connectivity index (χ3v) is 5.67. The molecule has 0 aliphatic carbocycles. The maximum atomic E-state index is 5.68. The van der Waals surface area contributed by atoms with Crippen molar-refractivity contribution in [2.24, 2.45) is 0 Å². The van der Waals surface area contributed by atoms with Crippen LogP contribution in [-0.2, 0) is 0 Å². The Morgan fingerprint density at radius 3 is 1.21 bits per heavy atom. The number of nitrogens with zero attached hydrogens (tertiary/aromatic N) is 2. The zero-order valence-corrected chi connectivity index (χ0v) is 18.7. The largest absolute Gasteiger partial charge is 0.481 e. The molecule has 0 heterocycles. The number of ether oxygens (including phenoxy) is 2. The summed E-state index contributed by atoms with van der Waals surface area (Å²) in [5.74, 6) is 14.3. The fourth-order valence-electron chi connectivity index (χ4n) is 2.36. The molecule has 4 nitrogen and oxygen atoms in total. The highest BCUT2D eigenvalue weighted by atomic mass is 16.5. The molecule has 154 valence electrons. The lowest BCUT2D eigenvalue weighted by atomic mass is 10.3. The molecule has 0 aromatic heterocycles. The first-order valence-electron chi connectivity index (χ1n) is 10.3. The molecule has 0 bridgehead atoms. The minimum absolute atomic E-state index is 0.408. The lowest BCUT2D eigenvalue weighted by Crippen LogP contribution is -2.43. The van der Waals surface area contributed by atoms with Gasteiger partial charge in [0.15, 0.2) is 0 Å². The Morgan fingerprint density at radius 1 is 0.607 bits per heavy atom. The number of quaternary nitrogens is 2. The van der Waals surface area contributed by atoms with Gasteiger partial charge >= 0.3 is 0 Å². The number of hydrogen-bond acceptors (Lipinski definition) is 2. The number of rotatable bonds is 10. The minimum atomic E-state index is 0.408. The van der Waals surface area contributed by atoms with Crippen LogP contribution in [0, 0.1) is 23.7 Å². The van der Waals surface area contributed by atoms with Crippen LogP contribution >= 0.6 is 0 Å². The summed E-state index contributed by atoms with van der Waals surface area (Å²) in [7, 11) is 4.45. The highest BCUT2D eigenvalue weighted by Crippen LogP contribution is 2.17. The molecule has 0 amide bonds. The third-order valence-electron chi connectivity index (χ3n) is 5.67. The van der Waals surface area contributed by atoms with Crippen molar-refractivity contribution in [3.8, 4) is 35.2 Å². The molecule has 0 fully saturated rings. The lowest BCUT2D eigenvalue weighted by Gasteiger charge is -2.29. The van der Waals surface area contributed by atoms with Crippen LogP contribution in [0.5, 0.6) is 11.5 Å². The highest BCUT2D eigenvalue weighted by molar-refractivity contribution is 5.31. The van der Waals surface area contributed by atoms with Crippen molar-refractivity contribution in [1.29, 1.82) is 0 Å². The van der Waals surface area contributed by atoms with Gasteiger partial charge in [-0.25, -0.2) is 0 Å². The molecule has 0 spiro atoms. The Morgan fingerprint density at radius 2 is 0.929 bits per heavy atom. The molecule has 0 radical (unpaired) electrons. The molecular weight excluding hydrogens is 348 g/mol. The van der Waals surface area contributed by atoms with Crippen molar-refractivity contribution in [1.82, 2.24) is 0 Å². The summed E-state index contributed by atoms with van der Waals surface area (Å²) in [6.07, 6.45) is 0. The van der Waals surface area contributed by atoms with E-state index in [4.69, 9.17) is 9.47 Å². The maximum absolute atomic E-state index is 5.68. The van der Waals surface area contributed by atoms with Crippen LogP contribution in [0.25, 0.3) is 0 Å². The molecule has 1 rings (SSSR count). The predicted octanol–water partition coefficient (Wildman–Crippen LogP) is 3.42. The summed E-state index contributed by atoms with van der Waals surface area (Å²) in [6, 6.07) is 7.63. The average Bonchev–Trinajstić information content (AvgIpc) is 2.73. The van der Waals surface area contributed by atoms with E-state index in [-0.39, 0.29) is 0 Å². The zero-order chi connectivity index (χ0) is 20.9. The van der Waals surface area contributed by atoms with E-state index in [9.17, 15) is 0 Å². The molecule has 28 heavy (non-hydrogen) atoms. The molecule has 0 aliphatic rings. The monoisotopic (exact) mass is 386 g/mol. The summed E-state index contributed by atoms with van der Waals surface area (Å²) in [5.41, 5.74) is 0. The number of hydrogen-bond donors (Lipinski definition) is 0. The van der Waals surface area contributed by atoms with Gasteiger partial charge in [0, 0.05) is 0 Å². The van der Waals surface area contributed by atoms with Gasteiger partial charge < -0.3 is 18.4 Å². The lowest BCUT2D eigenvalue weighted by molar-refractivity contribution is -0.899. The summed E-state index contributed by atoms with van der Waals surface area (Å²) in [6.45, 7) is 15.7. The van der Waals surface area contributed by atoms with E-state index in [1.54, 1.807) is 0 Å². The minimum Gasteiger partial charge on any atom is -0.481 e. The standard InChI is InChI=1S/C24H38N2O2/c1-7-25(5,8-2)19-11-13-21-27-23-15-17-24(18-16-23)28-22-14-12-20-26(6,9-3)10-4/h15-18H,7-10,19-22H2,1-6H3/q+2. The van der Waals surface area contributed by atoms with Crippen LogP contribution in [-0.4, -0.2) is 75.5 Å². The Bertz CT molecular complexity index is 620. The van der Waals surface area contributed by atoms with Gasteiger partial charge in [0.05, 0.1) is 40.3 Å². The fourth-order valence-corrected chi connectivity index (χ4v) is 2.36. The van der Waals surface area contributed by atoms with E-state index in [0.717, 1.165) is 59.7 Å². The van der Waals surface area contributed by atoms with Gasteiger partial charge in [-0.3, -0.25) is 0 Å². The van der Waals surface area contributed by atoms with Gasteiger partial charge in [0.25, 0.3) is 0 Å². The molecular formula is C24H38N2O2+2. The van der Waals surface area contributed by atoms with Gasteiger partial charge in [0.2, 0.25) is 0 Å². The van der Waals surface area contributed by atoms with Gasteiger partial charge in [-0.15, -0.1) is 0 Å². The first kappa shape index (κ1) is 23.9. The SMILES string of the molecule is CC[N+](C)(CC)CC#CCOc1ccc(OCC#CC[N+](C)(CC)CC)cc1. The normalized spacial score (nSPS) is 11.1. The second kappa shape index (κ2) is 12.3. The first-order chi connectivity index (χ1) is 13.4. The molecule has 0 aliphatic heterocycles. The van der Waals surface area contributed by atoms with Gasteiger partial charge in [0.1, 0.15) is 37.8 Å². The Balaban J connectivity index is 2.37. The zero-order valence-electron chi connectivity index (χ0n) is 18.7. The fraction of sp³-hybridized carbons (Fsp3) is 0.583. The van der Waals surface area contributed by atoms with Crippen molar-refractivity contribution < 1.29 is 18.4 Å². The molecule has 1 aromatic rings. The van der Waals surface area contributed by atoms with E-state index in [1.165, 1.54) is 0 Å². The van der Waals surface area contributed by atoms with Crippen LogP contribution in [0.4, 0.5) is 0 Å². The van der Waals surface area contributed by atoms with Crippen molar-refractivity contribution >= 4 is 0 Å². The molecule has 1 aromatic carbocycles. The smallest absolute Gasteiger partial charge is 0.149 e. The van der Waals surface area contributed by atoms with Gasteiger partial charge in [-0.1, -0.05) is 11.8 Å². The molecule has 0 N–H and O–H groups in total. The van der Waals surface area contributed by atoms with Crippen LogP contribution in [0.3, 0.4) is 0 Å². The quantitative estimate of drug-likeness (QED) is 0.453. The summed E-state index contributed by atoms with van der Waals surface area (Å²) in [4.78, 5) is 0.